The number of hydrogen-bond acceptors (Lipinski definition) is 10. The zero-order chi connectivity index (χ0) is 34.2. The molecule has 2 aromatic heterocycles. The molecule has 15 heteroatoms. The molecule has 0 bridgehead atoms. The van der Waals surface area contributed by atoms with Crippen LogP contribution in [-0.2, 0) is 11.0 Å². The summed E-state index contributed by atoms with van der Waals surface area (Å²) in [6.45, 7) is 6.12. The van der Waals surface area contributed by atoms with Gasteiger partial charge in [0, 0.05) is 37.2 Å². The number of piperidine rings is 1. The summed E-state index contributed by atoms with van der Waals surface area (Å²) >= 11 is 6.99. The third kappa shape index (κ3) is 5.69. The van der Waals surface area contributed by atoms with Gasteiger partial charge in [-0.3, -0.25) is 4.79 Å². The van der Waals surface area contributed by atoms with Crippen molar-refractivity contribution in [3.8, 4) is 23.0 Å². The Balaban J connectivity index is 1.19. The molecule has 6 heterocycles. The van der Waals surface area contributed by atoms with Gasteiger partial charge in [-0.1, -0.05) is 11.6 Å². The minimum absolute atomic E-state index is 0.00398. The Morgan fingerprint density at radius 3 is 2.71 bits per heavy atom. The van der Waals surface area contributed by atoms with E-state index in [0.29, 0.717) is 43.0 Å². The summed E-state index contributed by atoms with van der Waals surface area (Å²) in [5.41, 5.74) is 4.99. The second kappa shape index (κ2) is 12.0. The largest absolute Gasteiger partial charge is 0.489 e. The SMILES string of the molecule is Cc1cc(N)nc(-c2cc3nc(OC[C@@H]4CCCN4C)nc4c3c(c2Cl)OC[C@@H]2CN(C(=O)C3CC35CCNCC5)CCN42)c1C(F)(F)F. The molecule has 1 saturated carbocycles. The number of aromatic nitrogens is 3. The number of ether oxygens (including phenoxy) is 2. The number of hydrogen-bond donors (Lipinski definition) is 2. The van der Waals surface area contributed by atoms with Crippen LogP contribution in [-0.4, -0.2) is 102 Å². The molecule has 5 aliphatic rings. The van der Waals surface area contributed by atoms with E-state index in [9.17, 15) is 18.0 Å². The van der Waals surface area contributed by atoms with Crippen LogP contribution in [0.5, 0.6) is 11.8 Å². The van der Waals surface area contributed by atoms with Crippen LogP contribution in [0.2, 0.25) is 5.02 Å². The summed E-state index contributed by atoms with van der Waals surface area (Å²) in [6.07, 6.45) is 0.279. The van der Waals surface area contributed by atoms with Crippen LogP contribution in [0.25, 0.3) is 22.2 Å². The number of nitrogens with one attached hydrogen (secondary N) is 1. The number of amides is 1. The first-order chi connectivity index (χ1) is 23.4. The lowest BCUT2D eigenvalue weighted by atomic mass is 9.91. The van der Waals surface area contributed by atoms with E-state index in [1.54, 1.807) is 0 Å². The van der Waals surface area contributed by atoms with Crippen LogP contribution in [0, 0.1) is 18.3 Å². The fourth-order valence-corrected chi connectivity index (χ4v) is 8.74. The maximum absolute atomic E-state index is 14.5. The molecule has 11 nitrogen and oxygen atoms in total. The topological polar surface area (TPSA) is 122 Å². The van der Waals surface area contributed by atoms with Crippen molar-refractivity contribution in [2.24, 2.45) is 11.3 Å². The summed E-state index contributed by atoms with van der Waals surface area (Å²) in [5.74, 6) is 0.846. The van der Waals surface area contributed by atoms with Crippen molar-refractivity contribution >= 4 is 40.0 Å². The van der Waals surface area contributed by atoms with E-state index in [1.165, 1.54) is 19.1 Å². The summed E-state index contributed by atoms with van der Waals surface area (Å²) in [7, 11) is 2.05. The fraction of sp³-hybridized carbons (Fsp3) is 0.588. The van der Waals surface area contributed by atoms with Crippen molar-refractivity contribution in [2.45, 2.75) is 57.3 Å². The lowest BCUT2D eigenvalue weighted by molar-refractivity contribution is -0.137. The number of alkyl halides is 3. The van der Waals surface area contributed by atoms with Crippen LogP contribution in [0.4, 0.5) is 24.8 Å². The van der Waals surface area contributed by atoms with Gasteiger partial charge in [-0.05, 0) is 88.8 Å². The van der Waals surface area contributed by atoms with Gasteiger partial charge in [0.2, 0.25) is 5.91 Å². The summed E-state index contributed by atoms with van der Waals surface area (Å²) < 4.78 is 56.0. The lowest BCUT2D eigenvalue weighted by Crippen LogP contribution is -2.57. The van der Waals surface area contributed by atoms with Gasteiger partial charge in [0.25, 0.3) is 0 Å². The van der Waals surface area contributed by atoms with Crippen LogP contribution in [0.1, 0.15) is 43.2 Å². The number of benzene rings is 1. The number of pyridine rings is 1. The number of fused-ring (bicyclic) bond motifs is 2. The number of aryl methyl sites for hydroxylation is 1. The molecule has 1 amide bonds. The van der Waals surface area contributed by atoms with Gasteiger partial charge < -0.3 is 35.2 Å². The number of likely N-dealkylation sites (tertiary alicyclic amines) is 1. The van der Waals surface area contributed by atoms with Gasteiger partial charge in [0.05, 0.1) is 33.2 Å². The number of nitrogen functional groups attached to an aromatic ring is 1. The second-order valence-electron chi connectivity index (χ2n) is 14.3. The van der Waals surface area contributed by atoms with Crippen LogP contribution in [0.3, 0.4) is 0 Å². The zero-order valence-corrected chi connectivity index (χ0v) is 28.3. The molecule has 0 radical (unpaired) electrons. The van der Waals surface area contributed by atoms with Crippen LogP contribution >= 0.6 is 11.6 Å². The van der Waals surface area contributed by atoms with E-state index in [-0.39, 0.29) is 69.7 Å². The molecule has 49 heavy (non-hydrogen) atoms. The number of rotatable bonds is 5. The highest BCUT2D eigenvalue weighted by Gasteiger charge is 2.59. The van der Waals surface area contributed by atoms with Crippen molar-refractivity contribution in [3.63, 3.8) is 0 Å². The highest BCUT2D eigenvalue weighted by molar-refractivity contribution is 6.36. The minimum atomic E-state index is -4.73. The number of halogens is 4. The molecule has 1 aromatic carbocycles. The molecule has 3 atom stereocenters. The third-order valence-electron chi connectivity index (χ3n) is 11.3. The van der Waals surface area contributed by atoms with E-state index >= 15 is 0 Å². The number of nitrogens with two attached hydrogens (primary N) is 1. The van der Waals surface area contributed by atoms with Gasteiger partial charge in [0.1, 0.15) is 24.8 Å². The number of carbonyl (C=O) groups excluding carboxylic acids is 1. The summed E-state index contributed by atoms with van der Waals surface area (Å²) in [4.78, 5) is 33.8. The van der Waals surface area contributed by atoms with Crippen molar-refractivity contribution < 1.29 is 27.4 Å². The first-order valence-electron chi connectivity index (χ1n) is 17.0. The Hall–Kier alpha value is -3.62. The number of anilines is 2. The predicted octanol–water partition coefficient (Wildman–Crippen LogP) is 4.53. The maximum atomic E-state index is 14.5. The number of likely N-dealkylation sites (N-methyl/N-ethyl adjacent to an activating group) is 1. The summed E-state index contributed by atoms with van der Waals surface area (Å²) in [6, 6.07) is 2.71. The Labute approximate surface area is 287 Å². The second-order valence-corrected chi connectivity index (χ2v) is 14.7. The van der Waals surface area contributed by atoms with E-state index < -0.39 is 17.4 Å². The van der Waals surface area contributed by atoms with Crippen LogP contribution < -0.4 is 25.4 Å². The molecule has 1 unspecified atom stereocenters. The van der Waals surface area contributed by atoms with Crippen molar-refractivity contribution in [3.05, 3.63) is 28.3 Å². The highest BCUT2D eigenvalue weighted by Crippen LogP contribution is 2.59. The Morgan fingerprint density at radius 1 is 1.18 bits per heavy atom. The van der Waals surface area contributed by atoms with Gasteiger partial charge in [-0.15, -0.1) is 0 Å². The smallest absolute Gasteiger partial charge is 0.418 e. The average molecular weight is 701 g/mol. The minimum Gasteiger partial charge on any atom is -0.489 e. The molecule has 1 spiro atoms. The average Bonchev–Trinajstić information content (AvgIpc) is 3.63. The molecular weight excluding hydrogens is 661 g/mol. The molecule has 4 aliphatic heterocycles. The predicted molar refractivity (Wildman–Crippen MR) is 179 cm³/mol. The maximum Gasteiger partial charge on any atom is 0.418 e. The quantitative estimate of drug-likeness (QED) is 0.393. The van der Waals surface area contributed by atoms with Crippen molar-refractivity contribution in [2.75, 3.05) is 70.2 Å². The fourth-order valence-electron chi connectivity index (χ4n) is 8.44. The molecule has 8 rings (SSSR count). The molecule has 1 aliphatic carbocycles. The monoisotopic (exact) mass is 700 g/mol. The highest BCUT2D eigenvalue weighted by atomic mass is 35.5. The number of carbonyl (C=O) groups is 1. The van der Waals surface area contributed by atoms with E-state index in [4.69, 9.17) is 36.8 Å². The zero-order valence-electron chi connectivity index (χ0n) is 27.6. The van der Waals surface area contributed by atoms with E-state index in [1.807, 2.05) is 11.9 Å². The van der Waals surface area contributed by atoms with Gasteiger partial charge in [-0.25, -0.2) is 4.98 Å². The molecule has 3 aromatic rings. The first kappa shape index (κ1) is 32.6. The number of piperazine rings is 1. The first-order valence-corrected chi connectivity index (χ1v) is 17.4. The summed E-state index contributed by atoms with van der Waals surface area (Å²) in [5, 5.41) is 3.84. The van der Waals surface area contributed by atoms with E-state index in [0.717, 1.165) is 51.7 Å². The van der Waals surface area contributed by atoms with Gasteiger partial charge in [-0.2, -0.15) is 23.1 Å². The van der Waals surface area contributed by atoms with Crippen LogP contribution in [0.15, 0.2) is 12.1 Å². The molecule has 3 saturated heterocycles. The normalized spacial score (nSPS) is 24.9. The Morgan fingerprint density at radius 2 is 1.98 bits per heavy atom. The lowest BCUT2D eigenvalue weighted by Gasteiger charge is -2.41. The van der Waals surface area contributed by atoms with Crippen molar-refractivity contribution in [1.82, 2.24) is 30.1 Å². The van der Waals surface area contributed by atoms with Crippen molar-refractivity contribution in [1.29, 1.82) is 0 Å². The molecule has 4 fully saturated rings. The third-order valence-corrected chi connectivity index (χ3v) is 11.6. The molecule has 262 valence electrons. The molecular formula is C34H40ClF3N8O3. The van der Waals surface area contributed by atoms with Gasteiger partial charge in [0.15, 0.2) is 5.75 Å². The number of nitrogens with zero attached hydrogens (tertiary/aromatic N) is 6. The Bertz CT molecular complexity index is 1820. The Kier molecular flexibility index (Phi) is 7.99. The van der Waals surface area contributed by atoms with E-state index in [2.05, 4.69) is 20.1 Å². The van der Waals surface area contributed by atoms with Gasteiger partial charge >= 0.3 is 12.2 Å². The standard InChI is InChI=1S/C34H40ClF3N8O3/c1-18-12-24(39)42-28(26(18)34(36,37)38)21-13-23-25-29(27(21)35)48-17-20-15-45(31(47)22-14-33(22)5-7-40-8-6-33)10-11-46(20)30(25)43-32(41-23)49-16-19-4-3-9-44(19)2/h12-13,19-20,22,40H,3-11,14-17H2,1-2H3,(H2,39,42)/t19-,20-,22?/m0/s1. The molecule has 3 N–H and O–H groups in total.